The van der Waals surface area contributed by atoms with E-state index in [-0.39, 0.29) is 25.0 Å². The summed E-state index contributed by atoms with van der Waals surface area (Å²) >= 11 is 0. The Labute approximate surface area is 123 Å². The van der Waals surface area contributed by atoms with Gasteiger partial charge in [-0.15, -0.1) is 0 Å². The second kappa shape index (κ2) is 9.09. The van der Waals surface area contributed by atoms with Crippen molar-refractivity contribution in [1.82, 2.24) is 10.1 Å². The summed E-state index contributed by atoms with van der Waals surface area (Å²) in [5.74, 6) is 0.330. The average Bonchev–Trinajstić information content (AvgIpc) is 2.83. The Balaban J connectivity index is 2.53. The highest BCUT2D eigenvalue weighted by Crippen LogP contribution is 2.07. The van der Waals surface area contributed by atoms with Gasteiger partial charge in [-0.2, -0.15) is 0 Å². The van der Waals surface area contributed by atoms with Gasteiger partial charge in [-0.25, -0.2) is 0 Å². The van der Waals surface area contributed by atoms with Gasteiger partial charge in [0.1, 0.15) is 12.4 Å². The van der Waals surface area contributed by atoms with Crippen molar-refractivity contribution in [2.24, 2.45) is 0 Å². The molecule has 0 atom stereocenters. The molecule has 1 N–H and O–H groups in total. The number of aryl methyl sites for hydroxylation is 1. The molecule has 21 heavy (non-hydrogen) atoms. The summed E-state index contributed by atoms with van der Waals surface area (Å²) < 4.78 is 14.6. The summed E-state index contributed by atoms with van der Waals surface area (Å²) in [4.78, 5) is 25.2. The minimum absolute atomic E-state index is 0.0661. The number of ether oxygens (including phenoxy) is 2. The third-order valence-corrected chi connectivity index (χ3v) is 2.63. The van der Waals surface area contributed by atoms with E-state index in [2.05, 4.69) is 10.5 Å². The Morgan fingerprint density at radius 1 is 1.38 bits per heavy atom. The molecule has 8 nitrogen and oxygen atoms in total. The molecule has 0 saturated carbocycles. The third-order valence-electron chi connectivity index (χ3n) is 2.63. The largest absolute Gasteiger partial charge is 0.385 e. The van der Waals surface area contributed by atoms with E-state index in [1.165, 1.54) is 12.0 Å². The second-order valence-electron chi connectivity index (χ2n) is 4.47. The standard InChI is InChI=1S/C13H21N3O5/c1-10-7-11(15-21-10)14-12(17)8-16(5-4-6-19-2)13(18)9-20-3/h7H,4-6,8-9H2,1-3H3,(H,14,15,17). The Kier molecular flexibility index (Phi) is 7.41. The van der Waals surface area contributed by atoms with Crippen molar-refractivity contribution >= 4 is 17.6 Å². The van der Waals surface area contributed by atoms with Crippen LogP contribution in [0.15, 0.2) is 10.6 Å². The second-order valence-corrected chi connectivity index (χ2v) is 4.47. The highest BCUT2D eigenvalue weighted by Gasteiger charge is 2.17. The lowest BCUT2D eigenvalue weighted by Gasteiger charge is -2.21. The van der Waals surface area contributed by atoms with Gasteiger partial charge >= 0.3 is 0 Å². The van der Waals surface area contributed by atoms with Crippen LogP contribution in [0.5, 0.6) is 0 Å². The van der Waals surface area contributed by atoms with Crippen LogP contribution in [0.1, 0.15) is 12.2 Å². The first-order chi connectivity index (χ1) is 10.1. The highest BCUT2D eigenvalue weighted by molar-refractivity contribution is 5.93. The molecule has 0 aliphatic rings. The van der Waals surface area contributed by atoms with Crippen LogP contribution in [0.2, 0.25) is 0 Å². The SMILES string of the molecule is COCCCN(CC(=O)Nc1cc(C)on1)C(=O)COC. The molecule has 1 aromatic heterocycles. The molecule has 118 valence electrons. The van der Waals surface area contributed by atoms with Crippen molar-refractivity contribution < 1.29 is 23.6 Å². The van der Waals surface area contributed by atoms with Crippen LogP contribution < -0.4 is 5.32 Å². The van der Waals surface area contributed by atoms with Gasteiger partial charge < -0.3 is 24.2 Å². The molecule has 8 heteroatoms. The lowest BCUT2D eigenvalue weighted by Crippen LogP contribution is -2.40. The van der Waals surface area contributed by atoms with Gasteiger partial charge in [-0.05, 0) is 13.3 Å². The normalized spacial score (nSPS) is 10.4. The average molecular weight is 299 g/mol. The molecule has 1 rings (SSSR count). The van der Waals surface area contributed by atoms with E-state index < -0.39 is 0 Å². The Morgan fingerprint density at radius 2 is 2.14 bits per heavy atom. The van der Waals surface area contributed by atoms with E-state index in [1.807, 2.05) is 0 Å². The number of carbonyl (C=O) groups is 2. The van der Waals surface area contributed by atoms with Crippen molar-refractivity contribution in [3.05, 3.63) is 11.8 Å². The van der Waals surface area contributed by atoms with E-state index in [0.29, 0.717) is 31.2 Å². The van der Waals surface area contributed by atoms with Crippen LogP contribution in [0, 0.1) is 6.92 Å². The fourth-order valence-electron chi connectivity index (χ4n) is 1.69. The summed E-state index contributed by atoms with van der Waals surface area (Å²) in [6, 6.07) is 1.60. The van der Waals surface area contributed by atoms with Gasteiger partial charge in [0.25, 0.3) is 0 Å². The molecule has 0 radical (unpaired) electrons. The smallest absolute Gasteiger partial charge is 0.249 e. The molecule has 0 aliphatic heterocycles. The maximum Gasteiger partial charge on any atom is 0.249 e. The zero-order chi connectivity index (χ0) is 15.7. The number of hydrogen-bond acceptors (Lipinski definition) is 6. The van der Waals surface area contributed by atoms with Crippen LogP contribution in [-0.4, -0.2) is 62.4 Å². The molecule has 1 aromatic rings. The first-order valence-corrected chi connectivity index (χ1v) is 6.55. The Morgan fingerprint density at radius 3 is 2.71 bits per heavy atom. The topological polar surface area (TPSA) is 93.9 Å². The highest BCUT2D eigenvalue weighted by atomic mass is 16.5. The van der Waals surface area contributed by atoms with Crippen molar-refractivity contribution in [2.45, 2.75) is 13.3 Å². The third kappa shape index (κ3) is 6.37. The monoisotopic (exact) mass is 299 g/mol. The fraction of sp³-hybridized carbons (Fsp3) is 0.615. The van der Waals surface area contributed by atoms with Crippen molar-refractivity contribution in [3.63, 3.8) is 0 Å². The zero-order valence-corrected chi connectivity index (χ0v) is 12.5. The van der Waals surface area contributed by atoms with Gasteiger partial charge in [0.05, 0.1) is 6.54 Å². The summed E-state index contributed by atoms with van der Waals surface area (Å²) in [5, 5.41) is 6.24. The summed E-state index contributed by atoms with van der Waals surface area (Å²) in [6.07, 6.45) is 0.641. The predicted octanol–water partition coefficient (Wildman–Crippen LogP) is 0.433. The van der Waals surface area contributed by atoms with E-state index in [4.69, 9.17) is 14.0 Å². The van der Waals surface area contributed by atoms with Gasteiger partial charge in [0, 0.05) is 33.4 Å². The number of hydrogen-bond donors (Lipinski definition) is 1. The van der Waals surface area contributed by atoms with Gasteiger partial charge in [0.15, 0.2) is 5.82 Å². The molecule has 0 spiro atoms. The molecule has 0 fully saturated rings. The van der Waals surface area contributed by atoms with Crippen molar-refractivity contribution in [3.8, 4) is 0 Å². The molecule has 2 amide bonds. The van der Waals surface area contributed by atoms with Gasteiger partial charge in [-0.3, -0.25) is 9.59 Å². The molecule has 0 saturated heterocycles. The lowest BCUT2D eigenvalue weighted by atomic mass is 10.3. The zero-order valence-electron chi connectivity index (χ0n) is 12.5. The Bertz CT molecular complexity index is 460. The number of anilines is 1. The van der Waals surface area contributed by atoms with E-state index in [9.17, 15) is 9.59 Å². The number of aromatic nitrogens is 1. The summed E-state index contributed by atoms with van der Waals surface area (Å²) in [7, 11) is 3.02. The molecular weight excluding hydrogens is 278 g/mol. The van der Waals surface area contributed by atoms with Crippen molar-refractivity contribution in [1.29, 1.82) is 0 Å². The van der Waals surface area contributed by atoms with E-state index in [1.54, 1.807) is 20.1 Å². The molecule has 0 aliphatic carbocycles. The van der Waals surface area contributed by atoms with E-state index >= 15 is 0 Å². The van der Waals surface area contributed by atoms with Crippen LogP contribution in [0.4, 0.5) is 5.82 Å². The fourth-order valence-corrected chi connectivity index (χ4v) is 1.69. The number of nitrogens with zero attached hydrogens (tertiary/aromatic N) is 2. The number of carbonyl (C=O) groups excluding carboxylic acids is 2. The van der Waals surface area contributed by atoms with Gasteiger partial charge in [-0.1, -0.05) is 5.16 Å². The number of nitrogens with one attached hydrogen (secondary N) is 1. The number of rotatable bonds is 9. The minimum atomic E-state index is -0.342. The number of amides is 2. The van der Waals surface area contributed by atoms with Crippen LogP contribution in [0.3, 0.4) is 0 Å². The molecule has 1 heterocycles. The Hall–Kier alpha value is -1.93. The lowest BCUT2D eigenvalue weighted by molar-refractivity contribution is -0.138. The van der Waals surface area contributed by atoms with Crippen LogP contribution in [-0.2, 0) is 19.1 Å². The first-order valence-electron chi connectivity index (χ1n) is 6.55. The first kappa shape index (κ1) is 17.1. The quantitative estimate of drug-likeness (QED) is 0.665. The summed E-state index contributed by atoms with van der Waals surface area (Å²) in [5.41, 5.74) is 0. The molecular formula is C13H21N3O5. The molecule has 0 aromatic carbocycles. The minimum Gasteiger partial charge on any atom is -0.385 e. The maximum atomic E-state index is 11.9. The number of methoxy groups -OCH3 is 2. The van der Waals surface area contributed by atoms with E-state index in [0.717, 1.165) is 0 Å². The summed E-state index contributed by atoms with van der Waals surface area (Å²) in [6.45, 7) is 2.52. The maximum absolute atomic E-state index is 11.9. The van der Waals surface area contributed by atoms with Crippen LogP contribution in [0.25, 0.3) is 0 Å². The molecule has 0 unspecified atom stereocenters. The predicted molar refractivity (Wildman–Crippen MR) is 74.8 cm³/mol. The van der Waals surface area contributed by atoms with Gasteiger partial charge in [0.2, 0.25) is 11.8 Å². The van der Waals surface area contributed by atoms with Crippen molar-refractivity contribution in [2.75, 3.05) is 45.8 Å². The molecule has 0 bridgehead atoms. The van der Waals surface area contributed by atoms with Crippen LogP contribution >= 0.6 is 0 Å².